The highest BCUT2D eigenvalue weighted by Gasteiger charge is 2.43. The van der Waals surface area contributed by atoms with E-state index in [9.17, 15) is 14.9 Å². The summed E-state index contributed by atoms with van der Waals surface area (Å²) in [7, 11) is 1.73. The fourth-order valence-corrected chi connectivity index (χ4v) is 2.66. The Morgan fingerprint density at radius 1 is 1.36 bits per heavy atom. The Labute approximate surface area is 131 Å². The van der Waals surface area contributed by atoms with Gasteiger partial charge in [-0.15, -0.1) is 0 Å². The first kappa shape index (κ1) is 16.7. The molecule has 1 heterocycles. The number of nitriles is 1. The van der Waals surface area contributed by atoms with Crippen molar-refractivity contribution in [3.8, 4) is 6.07 Å². The minimum Gasteiger partial charge on any atom is -0.378 e. The molecule has 7 heteroatoms. The van der Waals surface area contributed by atoms with Gasteiger partial charge in [0.25, 0.3) is 0 Å². The molecule has 1 aliphatic carbocycles. The van der Waals surface area contributed by atoms with Crippen molar-refractivity contribution >= 4 is 11.8 Å². The maximum atomic E-state index is 12.1. The van der Waals surface area contributed by atoms with E-state index in [1.165, 1.54) is 0 Å². The van der Waals surface area contributed by atoms with E-state index < -0.39 is 5.54 Å². The van der Waals surface area contributed by atoms with E-state index >= 15 is 0 Å². The highest BCUT2D eigenvalue weighted by atomic mass is 16.5. The lowest BCUT2D eigenvalue weighted by Gasteiger charge is -2.29. The summed E-state index contributed by atoms with van der Waals surface area (Å²) in [4.78, 5) is 27.6. The van der Waals surface area contributed by atoms with Crippen LogP contribution in [-0.2, 0) is 14.3 Å². The molecule has 0 aromatic heterocycles. The van der Waals surface area contributed by atoms with E-state index in [0.29, 0.717) is 26.3 Å². The zero-order valence-electron chi connectivity index (χ0n) is 13.3. The van der Waals surface area contributed by atoms with E-state index in [4.69, 9.17) is 4.74 Å². The molecule has 1 N–H and O–H groups in total. The van der Waals surface area contributed by atoms with E-state index in [1.54, 1.807) is 23.8 Å². The lowest BCUT2D eigenvalue weighted by atomic mass is 9.98. The Balaban J connectivity index is 1.76. The van der Waals surface area contributed by atoms with Crippen molar-refractivity contribution in [3.05, 3.63) is 0 Å². The molecule has 2 amide bonds. The van der Waals surface area contributed by atoms with Crippen molar-refractivity contribution in [2.75, 3.05) is 46.4 Å². The maximum absolute atomic E-state index is 12.1. The molecule has 2 aliphatic rings. The molecule has 2 fully saturated rings. The van der Waals surface area contributed by atoms with E-state index in [-0.39, 0.29) is 30.8 Å². The number of carbonyl (C=O) groups is 2. The van der Waals surface area contributed by atoms with E-state index in [2.05, 4.69) is 11.4 Å². The number of likely N-dealkylation sites (N-methyl/N-ethyl adjacent to an activating group) is 1. The molecule has 0 bridgehead atoms. The highest BCUT2D eigenvalue weighted by Crippen LogP contribution is 2.39. The predicted octanol–water partition coefficient (Wildman–Crippen LogP) is -0.415. The van der Waals surface area contributed by atoms with Crippen LogP contribution in [0.1, 0.15) is 19.8 Å². The van der Waals surface area contributed by atoms with Crippen LogP contribution in [0.5, 0.6) is 0 Å². The number of nitrogens with zero attached hydrogens (tertiary/aromatic N) is 3. The van der Waals surface area contributed by atoms with Gasteiger partial charge in [0.1, 0.15) is 5.54 Å². The normalized spacial score (nSPS) is 21.1. The van der Waals surface area contributed by atoms with Crippen LogP contribution in [0.3, 0.4) is 0 Å². The average Bonchev–Trinajstić information content (AvgIpc) is 3.32. The summed E-state index contributed by atoms with van der Waals surface area (Å²) in [5.74, 6) is 0.0406. The SMILES string of the molecule is CN(CC(=O)NC(C)(C#N)C1CC1)CC(=O)N1CCOCC1. The van der Waals surface area contributed by atoms with Gasteiger partial charge < -0.3 is 15.0 Å². The van der Waals surface area contributed by atoms with Crippen LogP contribution in [-0.4, -0.2) is 73.6 Å². The summed E-state index contributed by atoms with van der Waals surface area (Å²) in [6.45, 7) is 4.41. The van der Waals surface area contributed by atoms with E-state index in [1.807, 2.05) is 0 Å². The van der Waals surface area contributed by atoms with Gasteiger partial charge in [-0.25, -0.2) is 0 Å². The Bertz CT molecular complexity index is 466. The van der Waals surface area contributed by atoms with Gasteiger partial charge in [-0.2, -0.15) is 5.26 Å². The molecule has 0 aromatic carbocycles. The predicted molar refractivity (Wildman–Crippen MR) is 79.8 cm³/mol. The maximum Gasteiger partial charge on any atom is 0.236 e. The van der Waals surface area contributed by atoms with Gasteiger partial charge in [-0.3, -0.25) is 14.5 Å². The fourth-order valence-electron chi connectivity index (χ4n) is 2.66. The molecular weight excluding hydrogens is 284 g/mol. The molecule has 1 aliphatic heterocycles. The molecule has 1 unspecified atom stereocenters. The second-order valence-corrected chi connectivity index (χ2v) is 6.30. The van der Waals surface area contributed by atoms with E-state index in [0.717, 1.165) is 12.8 Å². The van der Waals surface area contributed by atoms with Gasteiger partial charge in [0, 0.05) is 13.1 Å². The standard InChI is InChI=1S/C15H24N4O3/c1-15(11-16,12-3-4-12)17-13(20)9-18(2)10-14(21)19-5-7-22-8-6-19/h12H,3-10H2,1-2H3,(H,17,20). The van der Waals surface area contributed by atoms with Crippen LogP contribution in [0.2, 0.25) is 0 Å². The molecule has 7 nitrogen and oxygen atoms in total. The van der Waals surface area contributed by atoms with Crippen molar-refractivity contribution in [1.82, 2.24) is 15.1 Å². The van der Waals surface area contributed by atoms with Crippen LogP contribution >= 0.6 is 0 Å². The van der Waals surface area contributed by atoms with Crippen molar-refractivity contribution in [1.29, 1.82) is 5.26 Å². The number of hydrogen-bond acceptors (Lipinski definition) is 5. The van der Waals surface area contributed by atoms with Crippen LogP contribution in [0.4, 0.5) is 0 Å². The number of amides is 2. The molecular formula is C15H24N4O3. The first-order valence-electron chi connectivity index (χ1n) is 7.71. The summed E-state index contributed by atoms with van der Waals surface area (Å²) in [5.41, 5.74) is -0.786. The molecule has 0 radical (unpaired) electrons. The minimum absolute atomic E-state index is 0.00355. The first-order valence-corrected chi connectivity index (χ1v) is 7.71. The van der Waals surface area contributed by atoms with Crippen LogP contribution in [0.25, 0.3) is 0 Å². The number of morpholine rings is 1. The second-order valence-electron chi connectivity index (χ2n) is 6.30. The van der Waals surface area contributed by atoms with Crippen LogP contribution < -0.4 is 5.32 Å². The Morgan fingerprint density at radius 2 is 2.00 bits per heavy atom. The third kappa shape index (κ3) is 4.42. The number of ether oxygens (including phenoxy) is 1. The first-order chi connectivity index (χ1) is 10.4. The van der Waals surface area contributed by atoms with Gasteiger partial charge in [-0.1, -0.05) is 0 Å². The number of nitrogens with one attached hydrogen (secondary N) is 1. The smallest absolute Gasteiger partial charge is 0.236 e. The van der Waals surface area contributed by atoms with Gasteiger partial charge in [-0.05, 0) is 32.7 Å². The Kier molecular flexibility index (Phi) is 5.37. The van der Waals surface area contributed by atoms with Gasteiger partial charge in [0.2, 0.25) is 11.8 Å². The second kappa shape index (κ2) is 7.07. The van der Waals surface area contributed by atoms with Gasteiger partial charge in [0.15, 0.2) is 0 Å². The van der Waals surface area contributed by atoms with Crippen molar-refractivity contribution in [2.45, 2.75) is 25.3 Å². The molecule has 0 aromatic rings. The number of hydrogen-bond donors (Lipinski definition) is 1. The lowest BCUT2D eigenvalue weighted by Crippen LogP contribution is -2.51. The molecule has 1 saturated carbocycles. The Hall–Kier alpha value is -1.65. The third-order valence-electron chi connectivity index (χ3n) is 4.21. The number of carbonyl (C=O) groups excluding carboxylic acids is 2. The Morgan fingerprint density at radius 3 is 2.55 bits per heavy atom. The molecule has 22 heavy (non-hydrogen) atoms. The molecule has 1 saturated heterocycles. The van der Waals surface area contributed by atoms with Gasteiger partial charge in [0.05, 0.1) is 32.4 Å². The number of rotatable bonds is 6. The van der Waals surface area contributed by atoms with Crippen molar-refractivity contribution in [3.63, 3.8) is 0 Å². The average molecular weight is 308 g/mol. The lowest BCUT2D eigenvalue weighted by molar-refractivity contribution is -0.136. The highest BCUT2D eigenvalue weighted by molar-refractivity contribution is 5.82. The summed E-state index contributed by atoms with van der Waals surface area (Å²) in [6, 6.07) is 2.20. The quantitative estimate of drug-likeness (QED) is 0.721. The molecule has 0 spiro atoms. The monoisotopic (exact) mass is 308 g/mol. The molecule has 1 atom stereocenters. The van der Waals surface area contributed by atoms with Crippen molar-refractivity contribution in [2.24, 2.45) is 5.92 Å². The third-order valence-corrected chi connectivity index (χ3v) is 4.21. The largest absolute Gasteiger partial charge is 0.378 e. The topological polar surface area (TPSA) is 85.7 Å². The van der Waals surface area contributed by atoms with Crippen molar-refractivity contribution < 1.29 is 14.3 Å². The summed E-state index contributed by atoms with van der Waals surface area (Å²) < 4.78 is 5.21. The molecule has 2 rings (SSSR count). The zero-order valence-corrected chi connectivity index (χ0v) is 13.3. The molecule has 122 valence electrons. The van der Waals surface area contributed by atoms with Gasteiger partial charge >= 0.3 is 0 Å². The summed E-state index contributed by atoms with van der Waals surface area (Å²) in [5, 5.41) is 12.0. The zero-order chi connectivity index (χ0) is 16.2. The van der Waals surface area contributed by atoms with Crippen LogP contribution in [0, 0.1) is 17.2 Å². The summed E-state index contributed by atoms with van der Waals surface area (Å²) >= 11 is 0. The minimum atomic E-state index is -0.786. The van der Waals surface area contributed by atoms with Crippen LogP contribution in [0.15, 0.2) is 0 Å². The fraction of sp³-hybridized carbons (Fsp3) is 0.800. The summed E-state index contributed by atoms with van der Waals surface area (Å²) in [6.07, 6.45) is 1.96.